The lowest BCUT2D eigenvalue weighted by Gasteiger charge is -2.16. The Hall–Kier alpha value is -0.670. The lowest BCUT2D eigenvalue weighted by atomic mass is 10.2. The van der Waals surface area contributed by atoms with E-state index in [1.807, 2.05) is 24.3 Å². The monoisotopic (exact) mass is 197 g/mol. The van der Waals surface area contributed by atoms with Gasteiger partial charge in [-0.3, -0.25) is 0 Å². The van der Waals surface area contributed by atoms with Crippen molar-refractivity contribution < 1.29 is 5.11 Å². The van der Waals surface area contributed by atoms with Crippen LogP contribution in [0.3, 0.4) is 0 Å². The van der Waals surface area contributed by atoms with Crippen LogP contribution in [-0.4, -0.2) is 16.5 Å². The molecule has 2 nitrogen and oxygen atoms in total. The summed E-state index contributed by atoms with van der Waals surface area (Å²) in [6.07, 6.45) is 0. The van der Waals surface area contributed by atoms with Gasteiger partial charge in [-0.1, -0.05) is 12.1 Å². The van der Waals surface area contributed by atoms with E-state index in [4.69, 9.17) is 5.73 Å². The van der Waals surface area contributed by atoms with Gasteiger partial charge >= 0.3 is 0 Å². The summed E-state index contributed by atoms with van der Waals surface area (Å²) < 4.78 is 0. The molecule has 1 aromatic carbocycles. The number of nitrogens with two attached hydrogens (primary N) is 1. The molecule has 0 saturated heterocycles. The van der Waals surface area contributed by atoms with Gasteiger partial charge in [-0.15, -0.1) is 11.8 Å². The molecule has 1 aromatic rings. The van der Waals surface area contributed by atoms with Gasteiger partial charge in [-0.25, -0.2) is 0 Å². The van der Waals surface area contributed by atoms with Crippen molar-refractivity contribution in [2.24, 2.45) is 0 Å². The molecule has 0 unspecified atom stereocenters. The number of rotatable bonds is 3. The number of benzene rings is 1. The highest BCUT2D eigenvalue weighted by Crippen LogP contribution is 2.27. The largest absolute Gasteiger partial charge is 0.398 e. The van der Waals surface area contributed by atoms with Crippen LogP contribution in [0.4, 0.5) is 5.69 Å². The molecular weight excluding hydrogens is 182 g/mol. The van der Waals surface area contributed by atoms with Crippen LogP contribution in [0.15, 0.2) is 29.2 Å². The Morgan fingerprint density at radius 2 is 2.00 bits per heavy atom. The second-order valence-electron chi connectivity index (χ2n) is 3.64. The number of hydrogen-bond donors (Lipinski definition) is 2. The molecule has 0 aliphatic carbocycles. The van der Waals surface area contributed by atoms with Crippen molar-refractivity contribution in [2.75, 3.05) is 11.5 Å². The van der Waals surface area contributed by atoms with E-state index in [0.29, 0.717) is 5.75 Å². The molecule has 0 bridgehead atoms. The molecule has 0 atom stereocenters. The molecular formula is C10H15NOS. The molecule has 3 N–H and O–H groups in total. The van der Waals surface area contributed by atoms with Gasteiger partial charge in [0.25, 0.3) is 0 Å². The molecule has 0 aliphatic rings. The third-order valence-electron chi connectivity index (χ3n) is 1.50. The number of hydrogen-bond acceptors (Lipinski definition) is 3. The lowest BCUT2D eigenvalue weighted by molar-refractivity contribution is 0.107. The van der Waals surface area contributed by atoms with Crippen LogP contribution in [0.1, 0.15) is 13.8 Å². The second-order valence-corrected chi connectivity index (χ2v) is 4.66. The van der Waals surface area contributed by atoms with Gasteiger partial charge in [0.05, 0.1) is 5.60 Å². The number of nitrogen functional groups attached to an aromatic ring is 1. The van der Waals surface area contributed by atoms with Crippen molar-refractivity contribution in [2.45, 2.75) is 24.3 Å². The van der Waals surface area contributed by atoms with E-state index in [1.165, 1.54) is 0 Å². The van der Waals surface area contributed by atoms with E-state index in [1.54, 1.807) is 25.6 Å². The summed E-state index contributed by atoms with van der Waals surface area (Å²) in [6, 6.07) is 7.69. The third kappa shape index (κ3) is 3.70. The minimum Gasteiger partial charge on any atom is -0.398 e. The molecule has 72 valence electrons. The molecule has 0 aromatic heterocycles. The Bertz CT molecular complexity index is 280. The molecule has 0 aliphatic heterocycles. The van der Waals surface area contributed by atoms with Gasteiger partial charge < -0.3 is 10.8 Å². The minimum absolute atomic E-state index is 0.646. The zero-order valence-corrected chi connectivity index (χ0v) is 8.77. The van der Waals surface area contributed by atoms with Crippen LogP contribution in [0.2, 0.25) is 0 Å². The van der Waals surface area contributed by atoms with Gasteiger partial charge in [0.1, 0.15) is 0 Å². The van der Waals surface area contributed by atoms with Gasteiger partial charge in [-0.2, -0.15) is 0 Å². The van der Waals surface area contributed by atoms with Crippen LogP contribution < -0.4 is 5.73 Å². The number of aliphatic hydroxyl groups is 1. The topological polar surface area (TPSA) is 46.2 Å². The maximum atomic E-state index is 9.51. The van der Waals surface area contributed by atoms with Gasteiger partial charge in [0.15, 0.2) is 0 Å². The van der Waals surface area contributed by atoms with Gasteiger partial charge in [0, 0.05) is 16.3 Å². The van der Waals surface area contributed by atoms with Crippen molar-refractivity contribution in [3.8, 4) is 0 Å². The van der Waals surface area contributed by atoms with Crippen LogP contribution in [-0.2, 0) is 0 Å². The summed E-state index contributed by atoms with van der Waals surface area (Å²) in [6.45, 7) is 3.58. The first-order valence-corrected chi connectivity index (χ1v) is 5.17. The standard InChI is InChI=1S/C10H15NOS/c1-10(2,12)7-13-9-6-4-3-5-8(9)11/h3-6,12H,7,11H2,1-2H3. The smallest absolute Gasteiger partial charge is 0.0685 e. The Kier molecular flexibility index (Phi) is 3.22. The molecule has 0 heterocycles. The van der Waals surface area contributed by atoms with E-state index in [0.717, 1.165) is 10.6 Å². The maximum Gasteiger partial charge on any atom is 0.0685 e. The molecule has 0 radical (unpaired) electrons. The first-order chi connectivity index (χ1) is 5.99. The van der Waals surface area contributed by atoms with Crippen LogP contribution in [0.25, 0.3) is 0 Å². The van der Waals surface area contributed by atoms with E-state index in [2.05, 4.69) is 0 Å². The van der Waals surface area contributed by atoms with Crippen molar-refractivity contribution in [3.63, 3.8) is 0 Å². The highest BCUT2D eigenvalue weighted by Gasteiger charge is 2.13. The molecule has 0 amide bonds. The molecule has 3 heteroatoms. The predicted molar refractivity (Wildman–Crippen MR) is 57.9 cm³/mol. The Morgan fingerprint density at radius 1 is 1.38 bits per heavy atom. The SMILES string of the molecule is CC(C)(O)CSc1ccccc1N. The summed E-state index contributed by atoms with van der Waals surface area (Å²) >= 11 is 1.58. The fraction of sp³-hybridized carbons (Fsp3) is 0.400. The number of anilines is 1. The van der Waals surface area contributed by atoms with Crippen molar-refractivity contribution in [1.29, 1.82) is 0 Å². The van der Waals surface area contributed by atoms with Gasteiger partial charge in [-0.05, 0) is 26.0 Å². The normalized spacial score (nSPS) is 11.6. The lowest BCUT2D eigenvalue weighted by Crippen LogP contribution is -2.21. The highest BCUT2D eigenvalue weighted by molar-refractivity contribution is 7.99. The molecule has 13 heavy (non-hydrogen) atoms. The van der Waals surface area contributed by atoms with Crippen molar-refractivity contribution in [3.05, 3.63) is 24.3 Å². The Morgan fingerprint density at radius 3 is 2.54 bits per heavy atom. The van der Waals surface area contributed by atoms with Crippen LogP contribution in [0.5, 0.6) is 0 Å². The second kappa shape index (κ2) is 4.03. The summed E-state index contributed by atoms with van der Waals surface area (Å²) in [4.78, 5) is 1.03. The van der Waals surface area contributed by atoms with Crippen molar-refractivity contribution in [1.82, 2.24) is 0 Å². The van der Waals surface area contributed by atoms with E-state index >= 15 is 0 Å². The summed E-state index contributed by atoms with van der Waals surface area (Å²) in [5.41, 5.74) is 5.88. The van der Waals surface area contributed by atoms with Crippen LogP contribution in [0, 0.1) is 0 Å². The fourth-order valence-electron chi connectivity index (χ4n) is 0.866. The molecule has 0 spiro atoms. The first-order valence-electron chi connectivity index (χ1n) is 4.19. The highest BCUT2D eigenvalue weighted by atomic mass is 32.2. The number of para-hydroxylation sites is 1. The minimum atomic E-state index is -0.646. The zero-order valence-electron chi connectivity index (χ0n) is 7.95. The zero-order chi connectivity index (χ0) is 9.90. The summed E-state index contributed by atoms with van der Waals surface area (Å²) in [5, 5.41) is 9.51. The van der Waals surface area contributed by atoms with Gasteiger partial charge in [0.2, 0.25) is 0 Å². The summed E-state index contributed by atoms with van der Waals surface area (Å²) in [7, 11) is 0. The fourth-order valence-corrected chi connectivity index (χ4v) is 1.78. The van der Waals surface area contributed by atoms with Crippen molar-refractivity contribution >= 4 is 17.4 Å². The van der Waals surface area contributed by atoms with Crippen LogP contribution >= 0.6 is 11.8 Å². The quantitative estimate of drug-likeness (QED) is 0.576. The predicted octanol–water partition coefficient (Wildman–Crippen LogP) is 2.13. The molecule has 1 rings (SSSR count). The first kappa shape index (κ1) is 10.4. The summed E-state index contributed by atoms with van der Waals surface area (Å²) in [5.74, 6) is 0.654. The molecule has 0 fully saturated rings. The van der Waals surface area contributed by atoms with E-state index < -0.39 is 5.60 Å². The molecule has 0 saturated carbocycles. The van der Waals surface area contributed by atoms with E-state index in [-0.39, 0.29) is 0 Å². The Labute approximate surface area is 83.1 Å². The average Bonchev–Trinajstić information content (AvgIpc) is 2.01. The maximum absolute atomic E-state index is 9.51. The Balaban J connectivity index is 2.60. The average molecular weight is 197 g/mol. The third-order valence-corrected chi connectivity index (χ3v) is 3.03. The number of thioether (sulfide) groups is 1. The van der Waals surface area contributed by atoms with E-state index in [9.17, 15) is 5.11 Å².